The smallest absolute Gasteiger partial charge is 0.327 e. The van der Waals surface area contributed by atoms with Gasteiger partial charge in [-0.2, -0.15) is 0 Å². The molecule has 1 aliphatic heterocycles. The van der Waals surface area contributed by atoms with Crippen LogP contribution in [0.25, 0.3) is 0 Å². The Morgan fingerprint density at radius 2 is 2.44 bits per heavy atom. The van der Waals surface area contributed by atoms with Gasteiger partial charge >= 0.3 is 5.97 Å². The van der Waals surface area contributed by atoms with Gasteiger partial charge in [-0.1, -0.05) is 22.9 Å². The van der Waals surface area contributed by atoms with E-state index >= 15 is 0 Å². The molecule has 0 aromatic heterocycles. The first-order valence-electron chi connectivity index (χ1n) is 3.01. The van der Waals surface area contributed by atoms with Crippen LogP contribution in [-0.2, 0) is 9.53 Å². The van der Waals surface area contributed by atoms with Crippen LogP contribution in [0.3, 0.4) is 0 Å². The lowest BCUT2D eigenvalue weighted by Gasteiger charge is -2.39. The van der Waals surface area contributed by atoms with Crippen LogP contribution in [0.15, 0.2) is 0 Å². The summed E-state index contributed by atoms with van der Waals surface area (Å²) in [5.41, 5.74) is 0. The summed E-state index contributed by atoms with van der Waals surface area (Å²) in [5.74, 6) is -0.127. The number of alkyl halides is 1. The fraction of sp³-hybridized carbons (Fsp3) is 0.833. The zero-order valence-electron chi connectivity index (χ0n) is 5.48. The molecule has 1 fully saturated rings. The fourth-order valence-corrected chi connectivity index (χ4v) is 1.08. The van der Waals surface area contributed by atoms with Crippen molar-refractivity contribution in [3.63, 3.8) is 0 Å². The quantitative estimate of drug-likeness (QED) is 0.465. The van der Waals surface area contributed by atoms with Crippen molar-refractivity contribution in [1.82, 2.24) is 0 Å². The molecule has 2 nitrogen and oxygen atoms in total. The normalized spacial score (nSPS) is 41.7. The third-order valence-electron chi connectivity index (χ3n) is 1.78. The zero-order valence-corrected chi connectivity index (χ0v) is 7.06. The van der Waals surface area contributed by atoms with Crippen LogP contribution in [0.2, 0.25) is 0 Å². The van der Waals surface area contributed by atoms with Gasteiger partial charge in [0.25, 0.3) is 0 Å². The SMILES string of the molecule is CCC1(Br)C(=O)OC1C. The minimum absolute atomic E-state index is 0.0370. The molecule has 0 bridgehead atoms. The van der Waals surface area contributed by atoms with Crippen LogP contribution in [0.5, 0.6) is 0 Å². The summed E-state index contributed by atoms with van der Waals surface area (Å²) in [5, 5.41) is 0. The van der Waals surface area contributed by atoms with E-state index in [0.29, 0.717) is 0 Å². The van der Waals surface area contributed by atoms with Crippen LogP contribution in [0, 0.1) is 0 Å². The zero-order chi connectivity index (χ0) is 7.07. The van der Waals surface area contributed by atoms with Gasteiger partial charge in [-0.15, -0.1) is 0 Å². The van der Waals surface area contributed by atoms with E-state index in [4.69, 9.17) is 4.74 Å². The van der Waals surface area contributed by atoms with Crippen LogP contribution in [-0.4, -0.2) is 16.4 Å². The second-order valence-corrected chi connectivity index (χ2v) is 3.68. The Bertz CT molecular complexity index is 146. The number of hydrogen-bond donors (Lipinski definition) is 0. The molecule has 1 heterocycles. The molecule has 0 spiro atoms. The molecule has 1 aliphatic rings. The molecule has 1 rings (SSSR count). The van der Waals surface area contributed by atoms with Crippen molar-refractivity contribution in [2.24, 2.45) is 0 Å². The lowest BCUT2D eigenvalue weighted by molar-refractivity contribution is -0.175. The monoisotopic (exact) mass is 192 g/mol. The summed E-state index contributed by atoms with van der Waals surface area (Å²) in [6, 6.07) is 0. The van der Waals surface area contributed by atoms with E-state index < -0.39 is 0 Å². The largest absolute Gasteiger partial charge is 0.459 e. The molecule has 0 N–H and O–H groups in total. The molecule has 52 valence electrons. The Labute approximate surface area is 62.7 Å². The average molecular weight is 193 g/mol. The number of rotatable bonds is 1. The van der Waals surface area contributed by atoms with Crippen LogP contribution in [0.1, 0.15) is 20.3 Å². The van der Waals surface area contributed by atoms with E-state index in [1.165, 1.54) is 0 Å². The summed E-state index contributed by atoms with van der Waals surface area (Å²) >= 11 is 3.32. The maximum atomic E-state index is 10.7. The minimum atomic E-state index is -0.368. The second-order valence-electron chi connectivity index (χ2n) is 2.26. The van der Waals surface area contributed by atoms with Crippen molar-refractivity contribution in [3.8, 4) is 0 Å². The number of halogens is 1. The first-order chi connectivity index (χ1) is 4.11. The summed E-state index contributed by atoms with van der Waals surface area (Å²) in [6.45, 7) is 3.85. The topological polar surface area (TPSA) is 26.3 Å². The first kappa shape index (κ1) is 7.06. The highest BCUT2D eigenvalue weighted by atomic mass is 79.9. The Morgan fingerprint density at radius 1 is 1.89 bits per heavy atom. The Kier molecular flexibility index (Phi) is 1.55. The van der Waals surface area contributed by atoms with E-state index in [-0.39, 0.29) is 16.4 Å². The molecule has 3 heteroatoms. The van der Waals surface area contributed by atoms with Gasteiger partial charge in [-0.3, -0.25) is 4.79 Å². The van der Waals surface area contributed by atoms with Gasteiger partial charge in [0.15, 0.2) is 4.32 Å². The molecule has 0 aliphatic carbocycles. The van der Waals surface area contributed by atoms with Gasteiger partial charge < -0.3 is 4.74 Å². The molecule has 2 unspecified atom stereocenters. The van der Waals surface area contributed by atoms with Crippen molar-refractivity contribution < 1.29 is 9.53 Å². The third-order valence-corrected chi connectivity index (χ3v) is 3.31. The number of esters is 1. The number of cyclic esters (lactones) is 1. The van der Waals surface area contributed by atoms with Crippen molar-refractivity contribution in [3.05, 3.63) is 0 Å². The van der Waals surface area contributed by atoms with Crippen molar-refractivity contribution in [2.45, 2.75) is 30.7 Å². The lowest BCUT2D eigenvalue weighted by atomic mass is 9.95. The van der Waals surface area contributed by atoms with E-state index in [9.17, 15) is 4.79 Å². The summed E-state index contributed by atoms with van der Waals surface area (Å²) in [7, 11) is 0. The third kappa shape index (κ3) is 0.784. The van der Waals surface area contributed by atoms with Gasteiger partial charge in [0.1, 0.15) is 6.10 Å². The molecular weight excluding hydrogens is 184 g/mol. The Morgan fingerprint density at radius 3 is 2.56 bits per heavy atom. The summed E-state index contributed by atoms with van der Waals surface area (Å²) < 4.78 is 4.39. The first-order valence-corrected chi connectivity index (χ1v) is 3.80. The Balaban J connectivity index is 2.66. The van der Waals surface area contributed by atoms with E-state index in [0.717, 1.165) is 6.42 Å². The molecule has 0 amide bonds. The molecule has 0 aromatic rings. The number of carbonyl (C=O) groups excluding carboxylic acids is 1. The summed E-state index contributed by atoms with van der Waals surface area (Å²) in [4.78, 5) is 10.7. The van der Waals surface area contributed by atoms with Crippen molar-refractivity contribution in [1.29, 1.82) is 0 Å². The van der Waals surface area contributed by atoms with E-state index in [1.807, 2.05) is 13.8 Å². The minimum Gasteiger partial charge on any atom is -0.459 e. The van der Waals surface area contributed by atoms with Crippen LogP contribution < -0.4 is 0 Å². The van der Waals surface area contributed by atoms with Gasteiger partial charge in [-0.05, 0) is 13.3 Å². The molecule has 0 saturated carbocycles. The molecule has 1 saturated heterocycles. The highest BCUT2D eigenvalue weighted by molar-refractivity contribution is 9.10. The maximum Gasteiger partial charge on any atom is 0.327 e. The van der Waals surface area contributed by atoms with Crippen molar-refractivity contribution >= 4 is 21.9 Å². The van der Waals surface area contributed by atoms with Crippen LogP contribution >= 0.6 is 15.9 Å². The average Bonchev–Trinajstić information content (AvgIpc) is 1.87. The predicted molar refractivity (Wildman–Crippen MR) is 37.5 cm³/mol. The number of ether oxygens (including phenoxy) is 1. The standard InChI is InChI=1S/C6H9BrO2/c1-3-6(7)4(2)9-5(6)8/h4H,3H2,1-2H3. The molecule has 2 atom stereocenters. The number of hydrogen-bond acceptors (Lipinski definition) is 2. The lowest BCUT2D eigenvalue weighted by Crippen LogP contribution is -2.56. The van der Waals surface area contributed by atoms with E-state index in [1.54, 1.807) is 0 Å². The second kappa shape index (κ2) is 1.97. The van der Waals surface area contributed by atoms with Gasteiger partial charge in [-0.25, -0.2) is 0 Å². The van der Waals surface area contributed by atoms with Gasteiger partial charge in [0, 0.05) is 0 Å². The molecular formula is C6H9BrO2. The van der Waals surface area contributed by atoms with Crippen LogP contribution in [0.4, 0.5) is 0 Å². The highest BCUT2D eigenvalue weighted by Crippen LogP contribution is 2.38. The van der Waals surface area contributed by atoms with Gasteiger partial charge in [0.2, 0.25) is 0 Å². The molecule has 0 aromatic carbocycles. The van der Waals surface area contributed by atoms with E-state index in [2.05, 4.69) is 15.9 Å². The molecule has 0 radical (unpaired) electrons. The molecule has 9 heavy (non-hydrogen) atoms. The Hall–Kier alpha value is -0.0500. The number of carbonyl (C=O) groups is 1. The van der Waals surface area contributed by atoms with Crippen molar-refractivity contribution in [2.75, 3.05) is 0 Å². The highest BCUT2D eigenvalue weighted by Gasteiger charge is 2.52. The summed E-state index contributed by atoms with van der Waals surface area (Å²) in [6.07, 6.45) is 0.836. The maximum absolute atomic E-state index is 10.7. The van der Waals surface area contributed by atoms with Gasteiger partial charge in [0.05, 0.1) is 0 Å². The fourth-order valence-electron chi connectivity index (χ4n) is 0.892. The predicted octanol–water partition coefficient (Wildman–Crippen LogP) is 1.48.